The minimum absolute atomic E-state index is 0.269. The van der Waals surface area contributed by atoms with Crippen molar-refractivity contribution in [3.8, 4) is 0 Å². The van der Waals surface area contributed by atoms with E-state index in [2.05, 4.69) is 13.8 Å². The van der Waals surface area contributed by atoms with Crippen LogP contribution in [0.2, 0.25) is 0 Å². The fourth-order valence-corrected chi connectivity index (χ4v) is 3.51. The molecule has 2 N–H and O–H groups in total. The van der Waals surface area contributed by atoms with Crippen LogP contribution in [-0.4, -0.2) is 5.54 Å². The fourth-order valence-electron chi connectivity index (χ4n) is 3.51. The highest BCUT2D eigenvalue weighted by atomic mass is 14.9. The molecule has 1 nitrogen and oxygen atoms in total. The van der Waals surface area contributed by atoms with Crippen LogP contribution in [0.1, 0.15) is 58.8 Å². The van der Waals surface area contributed by atoms with Gasteiger partial charge in [-0.2, -0.15) is 0 Å². The number of hydrogen-bond acceptors (Lipinski definition) is 1. The smallest absolute Gasteiger partial charge is 0.0215 e. The molecule has 4 unspecified atom stereocenters. The van der Waals surface area contributed by atoms with E-state index in [9.17, 15) is 0 Å². The minimum Gasteiger partial charge on any atom is -0.325 e. The molecule has 0 radical (unpaired) electrons. The zero-order valence-electron chi connectivity index (χ0n) is 9.76. The second kappa shape index (κ2) is 3.84. The van der Waals surface area contributed by atoms with Crippen molar-refractivity contribution >= 4 is 0 Å². The average Bonchev–Trinajstić information content (AvgIpc) is 2.79. The third kappa shape index (κ3) is 1.84. The van der Waals surface area contributed by atoms with Crippen LogP contribution >= 0.6 is 0 Å². The summed E-state index contributed by atoms with van der Waals surface area (Å²) in [5.74, 6) is 2.64. The lowest BCUT2D eigenvalue weighted by atomic mass is 9.76. The Morgan fingerprint density at radius 3 is 2.79 bits per heavy atom. The third-order valence-electron chi connectivity index (χ3n) is 4.53. The van der Waals surface area contributed by atoms with Gasteiger partial charge in [-0.3, -0.25) is 0 Å². The first-order valence-electron chi connectivity index (χ1n) is 6.45. The molecule has 82 valence electrons. The normalized spacial score (nSPS) is 47.8. The molecule has 2 aliphatic carbocycles. The summed E-state index contributed by atoms with van der Waals surface area (Å²) in [6.45, 7) is 4.68. The summed E-state index contributed by atoms with van der Waals surface area (Å²) in [5.41, 5.74) is 6.78. The molecule has 2 aliphatic rings. The first-order chi connectivity index (χ1) is 6.66. The van der Waals surface area contributed by atoms with Crippen molar-refractivity contribution in [2.24, 2.45) is 23.5 Å². The van der Waals surface area contributed by atoms with Crippen LogP contribution in [0.5, 0.6) is 0 Å². The SMILES string of the molecule is CCCC1CC1(N)C1CCCC(C)C1. The molecule has 0 aliphatic heterocycles. The summed E-state index contributed by atoms with van der Waals surface area (Å²) in [4.78, 5) is 0. The van der Waals surface area contributed by atoms with Crippen LogP contribution in [-0.2, 0) is 0 Å². The lowest BCUT2D eigenvalue weighted by Gasteiger charge is -2.32. The van der Waals surface area contributed by atoms with Crippen LogP contribution in [0.15, 0.2) is 0 Å². The molecule has 4 atom stereocenters. The van der Waals surface area contributed by atoms with Crippen LogP contribution in [0.4, 0.5) is 0 Å². The van der Waals surface area contributed by atoms with E-state index in [1.165, 1.54) is 44.9 Å². The maximum absolute atomic E-state index is 6.51. The average molecular weight is 195 g/mol. The van der Waals surface area contributed by atoms with Gasteiger partial charge in [0.25, 0.3) is 0 Å². The van der Waals surface area contributed by atoms with Gasteiger partial charge in [-0.15, -0.1) is 0 Å². The monoisotopic (exact) mass is 195 g/mol. The predicted molar refractivity (Wildman–Crippen MR) is 61.1 cm³/mol. The molecule has 0 aromatic heterocycles. The fraction of sp³-hybridized carbons (Fsp3) is 1.00. The van der Waals surface area contributed by atoms with Gasteiger partial charge in [0.15, 0.2) is 0 Å². The molecule has 0 spiro atoms. The highest BCUT2D eigenvalue weighted by Crippen LogP contribution is 2.53. The molecular formula is C13H25N. The van der Waals surface area contributed by atoms with Crippen molar-refractivity contribution in [2.75, 3.05) is 0 Å². The third-order valence-corrected chi connectivity index (χ3v) is 4.53. The Morgan fingerprint density at radius 1 is 1.36 bits per heavy atom. The van der Waals surface area contributed by atoms with Gasteiger partial charge in [0, 0.05) is 5.54 Å². The van der Waals surface area contributed by atoms with E-state index in [4.69, 9.17) is 5.73 Å². The van der Waals surface area contributed by atoms with Gasteiger partial charge in [-0.1, -0.05) is 33.1 Å². The molecule has 14 heavy (non-hydrogen) atoms. The second-order valence-corrected chi connectivity index (χ2v) is 5.77. The maximum atomic E-state index is 6.51. The van der Waals surface area contributed by atoms with Crippen molar-refractivity contribution in [3.05, 3.63) is 0 Å². The van der Waals surface area contributed by atoms with Crippen LogP contribution in [0, 0.1) is 17.8 Å². The van der Waals surface area contributed by atoms with Crippen LogP contribution in [0.3, 0.4) is 0 Å². The van der Waals surface area contributed by atoms with Crippen molar-refractivity contribution in [1.82, 2.24) is 0 Å². The van der Waals surface area contributed by atoms with Gasteiger partial charge in [-0.05, 0) is 43.4 Å². The van der Waals surface area contributed by atoms with Gasteiger partial charge < -0.3 is 5.73 Å². The molecule has 2 rings (SSSR count). The van der Waals surface area contributed by atoms with Crippen LogP contribution < -0.4 is 5.73 Å². The van der Waals surface area contributed by atoms with Gasteiger partial charge in [0.1, 0.15) is 0 Å². The van der Waals surface area contributed by atoms with Gasteiger partial charge in [0.05, 0.1) is 0 Å². The summed E-state index contributed by atoms with van der Waals surface area (Å²) < 4.78 is 0. The van der Waals surface area contributed by atoms with Crippen LogP contribution in [0.25, 0.3) is 0 Å². The summed E-state index contributed by atoms with van der Waals surface area (Å²) in [6.07, 6.45) is 9.65. The molecule has 2 saturated carbocycles. The number of hydrogen-bond donors (Lipinski definition) is 1. The second-order valence-electron chi connectivity index (χ2n) is 5.77. The maximum Gasteiger partial charge on any atom is 0.0215 e. The Balaban J connectivity index is 1.89. The zero-order chi connectivity index (χ0) is 10.2. The highest BCUT2D eigenvalue weighted by molar-refractivity contribution is 5.11. The Labute approximate surface area is 88.4 Å². The van der Waals surface area contributed by atoms with E-state index in [1.807, 2.05) is 0 Å². The quantitative estimate of drug-likeness (QED) is 0.734. The Kier molecular flexibility index (Phi) is 2.88. The van der Waals surface area contributed by atoms with Crippen molar-refractivity contribution in [3.63, 3.8) is 0 Å². The number of nitrogens with two attached hydrogens (primary N) is 1. The zero-order valence-corrected chi connectivity index (χ0v) is 9.76. The molecule has 0 saturated heterocycles. The minimum atomic E-state index is 0.269. The summed E-state index contributed by atoms with van der Waals surface area (Å²) in [6, 6.07) is 0. The lowest BCUT2D eigenvalue weighted by molar-refractivity contribution is 0.224. The molecule has 0 aromatic rings. The largest absolute Gasteiger partial charge is 0.325 e. The van der Waals surface area contributed by atoms with E-state index < -0.39 is 0 Å². The summed E-state index contributed by atoms with van der Waals surface area (Å²) in [7, 11) is 0. The van der Waals surface area contributed by atoms with E-state index in [0.717, 1.165) is 17.8 Å². The molecule has 0 bridgehead atoms. The molecule has 1 heteroatoms. The predicted octanol–water partition coefficient (Wildman–Crippen LogP) is 3.33. The highest BCUT2D eigenvalue weighted by Gasteiger charge is 2.55. The topological polar surface area (TPSA) is 26.0 Å². The lowest BCUT2D eigenvalue weighted by Crippen LogP contribution is -2.37. The Hall–Kier alpha value is -0.0400. The van der Waals surface area contributed by atoms with E-state index in [1.54, 1.807) is 0 Å². The first-order valence-corrected chi connectivity index (χ1v) is 6.45. The van der Waals surface area contributed by atoms with Gasteiger partial charge in [-0.25, -0.2) is 0 Å². The Bertz CT molecular complexity index is 201. The van der Waals surface area contributed by atoms with Gasteiger partial charge in [0.2, 0.25) is 0 Å². The molecule has 0 amide bonds. The van der Waals surface area contributed by atoms with E-state index in [0.29, 0.717) is 0 Å². The molecule has 0 heterocycles. The van der Waals surface area contributed by atoms with E-state index >= 15 is 0 Å². The molecule has 2 fully saturated rings. The Morgan fingerprint density at radius 2 is 2.14 bits per heavy atom. The standard InChI is InChI=1S/C13H25N/c1-3-5-12-9-13(12,14)11-7-4-6-10(2)8-11/h10-12H,3-9,14H2,1-2H3. The number of rotatable bonds is 3. The van der Waals surface area contributed by atoms with Crippen molar-refractivity contribution < 1.29 is 0 Å². The van der Waals surface area contributed by atoms with E-state index in [-0.39, 0.29) is 5.54 Å². The van der Waals surface area contributed by atoms with Gasteiger partial charge >= 0.3 is 0 Å². The molecular weight excluding hydrogens is 170 g/mol. The first kappa shape index (κ1) is 10.5. The molecule has 0 aromatic carbocycles. The van der Waals surface area contributed by atoms with Crippen molar-refractivity contribution in [1.29, 1.82) is 0 Å². The summed E-state index contributed by atoms with van der Waals surface area (Å²) in [5, 5.41) is 0. The van der Waals surface area contributed by atoms with Crippen molar-refractivity contribution in [2.45, 2.75) is 64.3 Å². The summed E-state index contributed by atoms with van der Waals surface area (Å²) >= 11 is 0.